The van der Waals surface area contributed by atoms with E-state index in [0.29, 0.717) is 5.69 Å². The van der Waals surface area contributed by atoms with Crippen molar-refractivity contribution in [1.82, 2.24) is 0 Å². The van der Waals surface area contributed by atoms with Gasteiger partial charge >= 0.3 is 0 Å². The first kappa shape index (κ1) is 20.5. The van der Waals surface area contributed by atoms with Crippen molar-refractivity contribution in [1.29, 1.82) is 0 Å². The number of ether oxygens (including phenoxy) is 1. The van der Waals surface area contributed by atoms with Crippen molar-refractivity contribution < 1.29 is 14.3 Å². The summed E-state index contributed by atoms with van der Waals surface area (Å²) in [5.41, 5.74) is 2.48. The molecule has 2 rings (SSSR count). The first-order valence-electron chi connectivity index (χ1n) is 9.21. The van der Waals surface area contributed by atoms with Gasteiger partial charge < -0.3 is 15.0 Å². The molecule has 27 heavy (non-hydrogen) atoms. The Morgan fingerprint density at radius 2 is 1.63 bits per heavy atom. The normalized spacial score (nSPS) is 10.8. The molecule has 0 heterocycles. The SMILES string of the molecule is CC(=O)N(CC(=O)Nc1ccc(OC(C)C)cc1)c1ccccc1C(C)C. The fourth-order valence-corrected chi connectivity index (χ4v) is 2.82. The number of hydrogen-bond donors (Lipinski definition) is 1. The average molecular weight is 368 g/mol. The lowest BCUT2D eigenvalue weighted by molar-refractivity contribution is -0.120. The molecule has 0 saturated carbocycles. The summed E-state index contributed by atoms with van der Waals surface area (Å²) in [5.74, 6) is 0.582. The Morgan fingerprint density at radius 3 is 2.19 bits per heavy atom. The smallest absolute Gasteiger partial charge is 0.244 e. The molecule has 0 fully saturated rings. The van der Waals surface area contributed by atoms with Gasteiger partial charge in [0.15, 0.2) is 0 Å². The molecule has 2 aromatic carbocycles. The predicted octanol–water partition coefficient (Wildman–Crippen LogP) is 4.59. The first-order chi connectivity index (χ1) is 12.8. The van der Waals surface area contributed by atoms with Gasteiger partial charge in [-0.05, 0) is 55.7 Å². The van der Waals surface area contributed by atoms with Crippen LogP contribution < -0.4 is 15.0 Å². The maximum atomic E-state index is 12.5. The highest BCUT2D eigenvalue weighted by atomic mass is 16.5. The van der Waals surface area contributed by atoms with Crippen molar-refractivity contribution in [2.45, 2.75) is 46.6 Å². The van der Waals surface area contributed by atoms with E-state index in [1.807, 2.05) is 50.2 Å². The van der Waals surface area contributed by atoms with Crippen molar-refractivity contribution in [3.8, 4) is 5.75 Å². The molecule has 0 saturated heterocycles. The third-order valence-corrected chi connectivity index (χ3v) is 4.04. The second-order valence-corrected chi connectivity index (χ2v) is 7.06. The van der Waals surface area contributed by atoms with Crippen molar-refractivity contribution in [3.05, 3.63) is 54.1 Å². The van der Waals surface area contributed by atoms with E-state index in [9.17, 15) is 9.59 Å². The summed E-state index contributed by atoms with van der Waals surface area (Å²) in [6.45, 7) is 9.49. The summed E-state index contributed by atoms with van der Waals surface area (Å²) in [6.07, 6.45) is 0.0931. The number of hydrogen-bond acceptors (Lipinski definition) is 3. The van der Waals surface area contributed by atoms with Crippen LogP contribution in [0.4, 0.5) is 11.4 Å². The fourth-order valence-electron chi connectivity index (χ4n) is 2.82. The monoisotopic (exact) mass is 368 g/mol. The third kappa shape index (κ3) is 5.84. The molecule has 0 aliphatic carbocycles. The van der Waals surface area contributed by atoms with Crippen molar-refractivity contribution in [2.24, 2.45) is 0 Å². The van der Waals surface area contributed by atoms with E-state index in [1.54, 1.807) is 12.1 Å². The van der Waals surface area contributed by atoms with E-state index < -0.39 is 0 Å². The minimum absolute atomic E-state index is 0.0384. The number of anilines is 2. The van der Waals surface area contributed by atoms with Crippen molar-refractivity contribution >= 4 is 23.2 Å². The second kappa shape index (κ2) is 9.21. The van der Waals surface area contributed by atoms with Gasteiger partial charge in [-0.25, -0.2) is 0 Å². The second-order valence-electron chi connectivity index (χ2n) is 7.06. The molecule has 0 atom stereocenters. The number of rotatable bonds is 7. The Kier molecular flexibility index (Phi) is 6.99. The maximum Gasteiger partial charge on any atom is 0.244 e. The number of amides is 2. The van der Waals surface area contributed by atoms with Gasteiger partial charge in [-0.2, -0.15) is 0 Å². The highest BCUT2D eigenvalue weighted by molar-refractivity contribution is 6.02. The quantitative estimate of drug-likeness (QED) is 0.778. The lowest BCUT2D eigenvalue weighted by atomic mass is 10.0. The lowest BCUT2D eigenvalue weighted by Crippen LogP contribution is -2.37. The topological polar surface area (TPSA) is 58.6 Å². The van der Waals surface area contributed by atoms with Crippen molar-refractivity contribution in [3.63, 3.8) is 0 Å². The molecular weight excluding hydrogens is 340 g/mol. The van der Waals surface area contributed by atoms with Gasteiger partial charge in [0.1, 0.15) is 12.3 Å². The van der Waals surface area contributed by atoms with Gasteiger partial charge in [0.25, 0.3) is 0 Å². The van der Waals surface area contributed by atoms with Crippen LogP contribution in [-0.2, 0) is 9.59 Å². The molecule has 5 nitrogen and oxygen atoms in total. The van der Waals surface area contributed by atoms with E-state index in [1.165, 1.54) is 11.8 Å². The van der Waals surface area contributed by atoms with Gasteiger partial charge in [0.05, 0.1) is 6.10 Å². The number of para-hydroxylation sites is 1. The largest absolute Gasteiger partial charge is 0.491 e. The van der Waals surface area contributed by atoms with E-state index in [4.69, 9.17) is 4.74 Å². The Labute approximate surface area is 161 Å². The number of nitrogens with one attached hydrogen (secondary N) is 1. The van der Waals surface area contributed by atoms with Crippen LogP contribution in [0.15, 0.2) is 48.5 Å². The third-order valence-electron chi connectivity index (χ3n) is 4.04. The molecule has 144 valence electrons. The molecule has 0 aliphatic heterocycles. The van der Waals surface area contributed by atoms with Crippen LogP contribution in [0.25, 0.3) is 0 Å². The van der Waals surface area contributed by atoms with E-state index in [0.717, 1.165) is 17.0 Å². The first-order valence-corrected chi connectivity index (χ1v) is 9.21. The maximum absolute atomic E-state index is 12.5. The van der Waals surface area contributed by atoms with Gasteiger partial charge in [-0.1, -0.05) is 32.0 Å². The molecule has 0 bridgehead atoms. The summed E-state index contributed by atoms with van der Waals surface area (Å²) in [5, 5.41) is 2.84. The molecule has 2 aromatic rings. The van der Waals surface area contributed by atoms with Gasteiger partial charge in [0.2, 0.25) is 11.8 Å². The summed E-state index contributed by atoms with van der Waals surface area (Å²) in [7, 11) is 0. The molecular formula is C22H28N2O3. The van der Waals surface area contributed by atoms with E-state index in [-0.39, 0.29) is 30.4 Å². The number of carbonyl (C=O) groups excluding carboxylic acids is 2. The van der Waals surface area contributed by atoms with Crippen LogP contribution >= 0.6 is 0 Å². The van der Waals surface area contributed by atoms with Crippen LogP contribution in [0, 0.1) is 0 Å². The predicted molar refractivity (Wildman–Crippen MR) is 109 cm³/mol. The van der Waals surface area contributed by atoms with Gasteiger partial charge in [-0.15, -0.1) is 0 Å². The van der Waals surface area contributed by atoms with Gasteiger partial charge in [0, 0.05) is 18.3 Å². The highest BCUT2D eigenvalue weighted by Gasteiger charge is 2.19. The fraction of sp³-hybridized carbons (Fsp3) is 0.364. The molecule has 1 N–H and O–H groups in total. The zero-order valence-electron chi connectivity index (χ0n) is 16.7. The van der Waals surface area contributed by atoms with Crippen LogP contribution in [0.1, 0.15) is 46.1 Å². The summed E-state index contributed by atoms with van der Waals surface area (Å²) >= 11 is 0. The number of carbonyl (C=O) groups is 2. The Morgan fingerprint density at radius 1 is 1.00 bits per heavy atom. The highest BCUT2D eigenvalue weighted by Crippen LogP contribution is 2.27. The van der Waals surface area contributed by atoms with Crippen molar-refractivity contribution in [2.75, 3.05) is 16.8 Å². The standard InChI is InChI=1S/C22H28N2O3/c1-15(2)20-8-6-7-9-21(20)24(17(5)25)14-22(26)23-18-10-12-19(13-11-18)27-16(3)4/h6-13,15-16H,14H2,1-5H3,(H,23,26). The van der Waals surface area contributed by atoms with E-state index >= 15 is 0 Å². The molecule has 0 radical (unpaired) electrons. The Bertz CT molecular complexity index is 782. The van der Waals surface area contributed by atoms with Gasteiger partial charge in [-0.3, -0.25) is 9.59 Å². The zero-order valence-corrected chi connectivity index (χ0v) is 16.7. The molecule has 0 unspecified atom stereocenters. The number of benzene rings is 2. The number of nitrogens with zero attached hydrogens (tertiary/aromatic N) is 1. The summed E-state index contributed by atoms with van der Waals surface area (Å²) in [4.78, 5) is 26.2. The van der Waals surface area contributed by atoms with E-state index in [2.05, 4.69) is 19.2 Å². The Hall–Kier alpha value is -2.82. The van der Waals surface area contributed by atoms with Crippen LogP contribution in [0.5, 0.6) is 5.75 Å². The zero-order chi connectivity index (χ0) is 20.0. The molecule has 0 spiro atoms. The Balaban J connectivity index is 2.11. The molecule has 0 aliphatic rings. The molecule has 0 aromatic heterocycles. The molecule has 5 heteroatoms. The van der Waals surface area contributed by atoms with Crippen LogP contribution in [0.3, 0.4) is 0 Å². The average Bonchev–Trinajstić information content (AvgIpc) is 2.60. The summed E-state index contributed by atoms with van der Waals surface area (Å²) in [6, 6.07) is 14.9. The summed E-state index contributed by atoms with van der Waals surface area (Å²) < 4.78 is 5.60. The lowest BCUT2D eigenvalue weighted by Gasteiger charge is -2.25. The molecule has 2 amide bonds. The minimum atomic E-state index is -0.249. The minimum Gasteiger partial charge on any atom is -0.491 e. The van der Waals surface area contributed by atoms with Crippen LogP contribution in [0.2, 0.25) is 0 Å². The van der Waals surface area contributed by atoms with Crippen LogP contribution in [-0.4, -0.2) is 24.5 Å².